The van der Waals surface area contributed by atoms with Crippen molar-refractivity contribution in [1.82, 2.24) is 0 Å². The summed E-state index contributed by atoms with van der Waals surface area (Å²) in [6.07, 6.45) is -3.47. The Hall–Kier alpha value is 0.180. The monoisotopic (exact) mass is 229 g/mol. The molecular weight excluding hydrogens is 208 g/mol. The molecule has 1 aromatic rings. The van der Waals surface area contributed by atoms with Gasteiger partial charge in [0.15, 0.2) is 0 Å². The normalized spacial score (nSPS) is 36.7. The SMILES string of the molecule is [2H]c1sc(Br)c([2H])c1C([2H])(C([2H])([2H])[2H])C([2H])([2H])C([2H])([2H])[2H]. The minimum absolute atomic E-state index is 0.0460. The lowest BCUT2D eigenvalue weighted by atomic mass is 10.0. The fourth-order valence-electron chi connectivity index (χ4n) is 0.421. The molecule has 1 heterocycles. The van der Waals surface area contributed by atoms with Crippen molar-refractivity contribution in [2.45, 2.75) is 26.0 Å². The maximum atomic E-state index is 8.11. The van der Waals surface area contributed by atoms with E-state index >= 15 is 0 Å². The first-order chi connectivity index (χ1) is 9.09. The molecule has 0 radical (unpaired) electrons. The van der Waals surface area contributed by atoms with Crippen LogP contribution in [0.5, 0.6) is 0 Å². The van der Waals surface area contributed by atoms with E-state index < -0.39 is 42.9 Å². The molecule has 1 atom stereocenters. The summed E-state index contributed by atoms with van der Waals surface area (Å²) in [6, 6.07) is -0.552. The second-order valence-corrected chi connectivity index (χ2v) is 3.61. The zero-order valence-electron chi connectivity index (χ0n) is 15.8. The van der Waals surface area contributed by atoms with Gasteiger partial charge in [0, 0.05) is 12.3 Å². The van der Waals surface area contributed by atoms with Crippen LogP contribution < -0.4 is 0 Å². The summed E-state index contributed by atoms with van der Waals surface area (Å²) in [6.45, 7) is -6.78. The van der Waals surface area contributed by atoms with Gasteiger partial charge < -0.3 is 0 Å². The van der Waals surface area contributed by atoms with E-state index in [1.165, 1.54) is 0 Å². The smallest absolute Gasteiger partial charge is 0.0743 e. The van der Waals surface area contributed by atoms with E-state index in [0.29, 0.717) is 11.3 Å². The van der Waals surface area contributed by atoms with Crippen LogP contribution in [-0.2, 0) is 0 Å². The van der Waals surface area contributed by atoms with Crippen molar-refractivity contribution in [3.05, 3.63) is 20.7 Å². The second-order valence-electron chi connectivity index (χ2n) is 1.48. The molecule has 1 aromatic heterocycles. The predicted molar refractivity (Wildman–Crippen MR) is 50.7 cm³/mol. The maximum absolute atomic E-state index is 8.11. The molecule has 0 aliphatic carbocycles. The van der Waals surface area contributed by atoms with Gasteiger partial charge in [0.1, 0.15) is 0 Å². The van der Waals surface area contributed by atoms with Gasteiger partial charge in [0.25, 0.3) is 0 Å². The van der Waals surface area contributed by atoms with Gasteiger partial charge in [-0.3, -0.25) is 0 Å². The summed E-state index contributed by atoms with van der Waals surface area (Å²) in [5.41, 5.74) is -0.750. The van der Waals surface area contributed by atoms with Crippen LogP contribution in [0.2, 0.25) is 0 Å². The highest BCUT2D eigenvalue weighted by molar-refractivity contribution is 9.11. The molecule has 0 aliphatic heterocycles. The van der Waals surface area contributed by atoms with Crippen molar-refractivity contribution in [3.63, 3.8) is 0 Å². The van der Waals surface area contributed by atoms with Crippen molar-refractivity contribution < 1.29 is 15.1 Å². The molecule has 0 bridgehead atoms. The van der Waals surface area contributed by atoms with Crippen LogP contribution in [-0.4, -0.2) is 0 Å². The fourth-order valence-corrected chi connectivity index (χ4v) is 1.36. The lowest BCUT2D eigenvalue weighted by Gasteiger charge is -2.02. The molecule has 0 spiro atoms. The number of thiophene rings is 1. The van der Waals surface area contributed by atoms with Gasteiger partial charge in [-0.2, -0.15) is 0 Å². The number of hydrogen-bond acceptors (Lipinski definition) is 1. The first-order valence-electron chi connectivity index (χ1n) is 7.85. The van der Waals surface area contributed by atoms with Gasteiger partial charge in [0.05, 0.1) is 6.53 Å². The molecule has 0 amide bonds. The lowest BCUT2D eigenvalue weighted by molar-refractivity contribution is 0.736. The van der Waals surface area contributed by atoms with E-state index in [-0.39, 0.29) is 3.79 Å². The number of hydrogen-bond donors (Lipinski definition) is 0. The van der Waals surface area contributed by atoms with Gasteiger partial charge >= 0.3 is 0 Å². The van der Waals surface area contributed by atoms with Crippen LogP contribution in [0, 0.1) is 0 Å². The van der Waals surface area contributed by atoms with Crippen LogP contribution in [0.1, 0.15) is 46.6 Å². The molecule has 56 valence electrons. The highest BCUT2D eigenvalue weighted by Gasteiger charge is 2.03. The Labute approximate surface area is 89.9 Å². The Morgan fingerprint density at radius 1 is 2.20 bits per heavy atom. The standard InChI is InChI=1S/C8H11BrS/c1-3-6(2)7-4-8(9)10-5-7/h4-6H,3H2,1-2H3/i1D3,2D3,3D2,4D,5D,6D. The third-order valence-corrected chi connectivity index (χ3v) is 2.11. The summed E-state index contributed by atoms with van der Waals surface area (Å²) >= 11 is 3.57. The van der Waals surface area contributed by atoms with Gasteiger partial charge in [-0.1, -0.05) is 13.7 Å². The fraction of sp³-hybridized carbons (Fsp3) is 0.500. The first-order valence-corrected chi connectivity index (χ1v) is 3.96. The van der Waals surface area contributed by atoms with Crippen LogP contribution in [0.25, 0.3) is 0 Å². The summed E-state index contributed by atoms with van der Waals surface area (Å²) in [7, 11) is 0. The van der Waals surface area contributed by atoms with Crippen molar-refractivity contribution in [1.29, 1.82) is 0 Å². The van der Waals surface area contributed by atoms with Crippen LogP contribution >= 0.6 is 27.3 Å². The quantitative estimate of drug-likeness (QED) is 0.719. The van der Waals surface area contributed by atoms with Crippen molar-refractivity contribution in [2.24, 2.45) is 0 Å². The second kappa shape index (κ2) is 3.54. The molecule has 2 heteroatoms. The van der Waals surface area contributed by atoms with Crippen LogP contribution in [0.4, 0.5) is 0 Å². The van der Waals surface area contributed by atoms with E-state index in [4.69, 9.17) is 15.1 Å². The van der Waals surface area contributed by atoms with Crippen LogP contribution in [0.15, 0.2) is 15.2 Å². The van der Waals surface area contributed by atoms with E-state index in [9.17, 15) is 0 Å². The topological polar surface area (TPSA) is 0 Å². The molecule has 10 heavy (non-hydrogen) atoms. The van der Waals surface area contributed by atoms with Crippen LogP contribution in [0.3, 0.4) is 0 Å². The van der Waals surface area contributed by atoms with E-state index in [1.54, 1.807) is 0 Å². The Bertz CT molecular complexity index is 542. The summed E-state index contributed by atoms with van der Waals surface area (Å²) in [5.74, 6) is -3.26. The molecular formula is C8H11BrS. The van der Waals surface area contributed by atoms with E-state index in [0.717, 1.165) is 0 Å². The van der Waals surface area contributed by atoms with Gasteiger partial charge in [-0.15, -0.1) is 11.3 Å². The molecule has 0 aliphatic rings. The Kier molecular flexibility index (Phi) is 0.676. The molecule has 1 rings (SSSR count). The summed E-state index contributed by atoms with van der Waals surface area (Å²) in [4.78, 5) is 0. The molecule has 0 fully saturated rings. The van der Waals surface area contributed by atoms with Gasteiger partial charge in [-0.25, -0.2) is 0 Å². The third-order valence-electron chi connectivity index (χ3n) is 0.841. The Morgan fingerprint density at radius 3 is 3.60 bits per heavy atom. The molecule has 0 nitrogen and oxygen atoms in total. The molecule has 0 saturated carbocycles. The molecule has 0 saturated heterocycles. The first kappa shape index (κ1) is 1.91. The largest absolute Gasteiger partial charge is 0.137 e. The minimum atomic E-state index is -3.47. The lowest BCUT2D eigenvalue weighted by Crippen LogP contribution is -1.85. The molecule has 0 N–H and O–H groups in total. The highest BCUT2D eigenvalue weighted by atomic mass is 79.9. The minimum Gasteiger partial charge on any atom is -0.137 e. The predicted octanol–water partition coefficient (Wildman–Crippen LogP) is 4.02. The van der Waals surface area contributed by atoms with E-state index in [2.05, 4.69) is 15.9 Å². The van der Waals surface area contributed by atoms with Crippen molar-refractivity contribution in [2.75, 3.05) is 0 Å². The summed E-state index contributed by atoms with van der Waals surface area (Å²) < 4.78 is 83.0. The number of rotatable bonds is 2. The highest BCUT2D eigenvalue weighted by Crippen LogP contribution is 2.27. The van der Waals surface area contributed by atoms with Crippen molar-refractivity contribution >= 4 is 27.3 Å². The number of halogens is 1. The Balaban J connectivity index is 3.81. The zero-order valence-corrected chi connectivity index (χ0v) is 7.19. The van der Waals surface area contributed by atoms with Crippen molar-refractivity contribution in [3.8, 4) is 0 Å². The Morgan fingerprint density at radius 2 is 3.10 bits per heavy atom. The maximum Gasteiger partial charge on any atom is 0.0743 e. The third kappa shape index (κ3) is 1.83. The van der Waals surface area contributed by atoms with Gasteiger partial charge in [-0.05, 0) is 45.2 Å². The molecule has 1 unspecified atom stereocenters. The van der Waals surface area contributed by atoms with E-state index in [1.807, 2.05) is 0 Å². The van der Waals surface area contributed by atoms with Gasteiger partial charge in [0.2, 0.25) is 0 Å². The average Bonchev–Trinajstić information content (AvgIpc) is 2.49. The average molecular weight is 230 g/mol. The summed E-state index contributed by atoms with van der Waals surface area (Å²) in [5, 5.41) is -0.522. The zero-order chi connectivity index (χ0) is 17.0. The molecule has 0 aromatic carbocycles.